The van der Waals surface area contributed by atoms with Crippen molar-refractivity contribution in [3.8, 4) is 5.75 Å². The van der Waals surface area contributed by atoms with Crippen molar-refractivity contribution in [3.05, 3.63) is 42.5 Å². The molecule has 2 aromatic rings. The number of sulfonamides is 1. The van der Waals surface area contributed by atoms with Crippen molar-refractivity contribution in [2.24, 2.45) is 0 Å². The van der Waals surface area contributed by atoms with Crippen molar-refractivity contribution in [1.82, 2.24) is 4.31 Å². The quantitative estimate of drug-likeness (QED) is 0.477. The van der Waals surface area contributed by atoms with Gasteiger partial charge >= 0.3 is 5.97 Å². The van der Waals surface area contributed by atoms with Crippen molar-refractivity contribution in [2.45, 2.75) is 48.1 Å². The van der Waals surface area contributed by atoms with E-state index in [1.54, 1.807) is 7.05 Å². The SMILES string of the molecule is CCCCC1CN(c2ccccc2)c2cc(SC)c(OC[C@H](OC)C(=O)O)cc2S(=O)(=O)N1C. The van der Waals surface area contributed by atoms with E-state index in [1.165, 1.54) is 29.2 Å². The first-order chi connectivity index (χ1) is 16.2. The summed E-state index contributed by atoms with van der Waals surface area (Å²) in [6, 6.07) is 12.9. The Labute approximate surface area is 205 Å². The van der Waals surface area contributed by atoms with Crippen LogP contribution in [0.3, 0.4) is 0 Å². The van der Waals surface area contributed by atoms with Gasteiger partial charge in [0.05, 0.1) is 10.6 Å². The van der Waals surface area contributed by atoms with Gasteiger partial charge in [0.15, 0.2) is 6.10 Å². The average Bonchev–Trinajstić information content (AvgIpc) is 2.91. The summed E-state index contributed by atoms with van der Waals surface area (Å²) in [6.45, 7) is 2.37. The number of benzene rings is 2. The Morgan fingerprint density at radius 2 is 1.97 bits per heavy atom. The Balaban J connectivity index is 2.15. The first-order valence-electron chi connectivity index (χ1n) is 11.2. The number of para-hydroxylation sites is 1. The maximum absolute atomic E-state index is 13.7. The molecule has 10 heteroatoms. The van der Waals surface area contributed by atoms with E-state index in [4.69, 9.17) is 9.47 Å². The number of carboxylic acids is 1. The molecule has 0 aliphatic carbocycles. The van der Waals surface area contributed by atoms with Gasteiger partial charge in [-0.25, -0.2) is 13.2 Å². The molecule has 3 rings (SSSR count). The summed E-state index contributed by atoms with van der Waals surface area (Å²) in [4.78, 5) is 14.2. The molecule has 2 aromatic carbocycles. The summed E-state index contributed by atoms with van der Waals surface area (Å²) < 4.78 is 39.7. The second kappa shape index (κ2) is 11.4. The Morgan fingerprint density at radius 1 is 1.26 bits per heavy atom. The minimum atomic E-state index is -3.83. The van der Waals surface area contributed by atoms with Crippen molar-refractivity contribution in [2.75, 3.05) is 38.5 Å². The number of anilines is 2. The third-order valence-electron chi connectivity index (χ3n) is 6.01. The zero-order valence-electron chi connectivity index (χ0n) is 19.9. The number of ether oxygens (including phenoxy) is 2. The van der Waals surface area contributed by atoms with Gasteiger partial charge in [-0.3, -0.25) is 0 Å². The topological polar surface area (TPSA) is 96.4 Å². The van der Waals surface area contributed by atoms with E-state index in [0.29, 0.717) is 22.9 Å². The van der Waals surface area contributed by atoms with E-state index < -0.39 is 22.1 Å². The Hall–Kier alpha value is -2.27. The minimum Gasteiger partial charge on any atom is -0.489 e. The molecule has 0 bridgehead atoms. The molecule has 2 atom stereocenters. The Morgan fingerprint density at radius 3 is 2.56 bits per heavy atom. The van der Waals surface area contributed by atoms with Crippen molar-refractivity contribution >= 4 is 39.1 Å². The van der Waals surface area contributed by atoms with Gasteiger partial charge in [0.1, 0.15) is 17.3 Å². The molecule has 0 radical (unpaired) electrons. The number of nitrogens with zero attached hydrogens (tertiary/aromatic N) is 2. The molecule has 1 unspecified atom stereocenters. The zero-order valence-corrected chi connectivity index (χ0v) is 21.6. The smallest absolute Gasteiger partial charge is 0.336 e. The van der Waals surface area contributed by atoms with E-state index in [9.17, 15) is 18.3 Å². The van der Waals surface area contributed by atoms with E-state index in [-0.39, 0.29) is 17.5 Å². The predicted octanol–water partition coefficient (Wildman–Crippen LogP) is 4.22. The molecule has 1 aliphatic heterocycles. The van der Waals surface area contributed by atoms with Gasteiger partial charge in [0, 0.05) is 38.5 Å². The highest BCUT2D eigenvalue weighted by atomic mass is 32.2. The summed E-state index contributed by atoms with van der Waals surface area (Å²) in [5, 5.41) is 9.27. The number of thioether (sulfide) groups is 1. The maximum Gasteiger partial charge on any atom is 0.336 e. The van der Waals surface area contributed by atoms with Crippen molar-refractivity contribution in [1.29, 1.82) is 0 Å². The molecule has 186 valence electrons. The molecule has 34 heavy (non-hydrogen) atoms. The average molecular weight is 509 g/mol. The normalized spacial score (nSPS) is 18.7. The first-order valence-corrected chi connectivity index (χ1v) is 13.8. The molecule has 0 saturated heterocycles. The number of hydrogen-bond acceptors (Lipinski definition) is 7. The largest absolute Gasteiger partial charge is 0.489 e. The molecule has 0 amide bonds. The van der Waals surface area contributed by atoms with Crippen LogP contribution in [0.2, 0.25) is 0 Å². The van der Waals surface area contributed by atoms with Crippen molar-refractivity contribution in [3.63, 3.8) is 0 Å². The third-order valence-corrected chi connectivity index (χ3v) is 8.71. The van der Waals surface area contributed by atoms with E-state index in [0.717, 1.165) is 24.9 Å². The summed E-state index contributed by atoms with van der Waals surface area (Å²) in [7, 11) is -0.910. The van der Waals surface area contributed by atoms with Gasteiger partial charge in [0.25, 0.3) is 0 Å². The summed E-state index contributed by atoms with van der Waals surface area (Å²) in [5.41, 5.74) is 1.48. The van der Waals surface area contributed by atoms with Crippen LogP contribution in [0.25, 0.3) is 0 Å². The molecular formula is C24H32N2O6S2. The van der Waals surface area contributed by atoms with Crippen LogP contribution in [0, 0.1) is 0 Å². The monoisotopic (exact) mass is 508 g/mol. The number of likely N-dealkylation sites (N-methyl/N-ethyl adjacent to an activating group) is 1. The highest BCUT2D eigenvalue weighted by Gasteiger charge is 2.37. The van der Waals surface area contributed by atoms with Crippen LogP contribution >= 0.6 is 11.8 Å². The number of hydrogen-bond donors (Lipinski definition) is 1. The highest BCUT2D eigenvalue weighted by Crippen LogP contribution is 2.43. The van der Waals surface area contributed by atoms with Gasteiger partial charge in [0.2, 0.25) is 10.0 Å². The van der Waals surface area contributed by atoms with Crippen LogP contribution in [-0.2, 0) is 19.6 Å². The Bertz CT molecular complexity index is 1090. The number of unbranched alkanes of at least 4 members (excludes halogenated alkanes) is 1. The van der Waals surface area contributed by atoms with Gasteiger partial charge < -0.3 is 19.5 Å². The van der Waals surface area contributed by atoms with Crippen LogP contribution in [0.4, 0.5) is 11.4 Å². The van der Waals surface area contributed by atoms with E-state index >= 15 is 0 Å². The lowest BCUT2D eigenvalue weighted by Crippen LogP contribution is -2.40. The number of carbonyl (C=O) groups is 1. The van der Waals surface area contributed by atoms with Gasteiger partial charge in [-0.1, -0.05) is 38.0 Å². The molecular weight excluding hydrogens is 476 g/mol. The van der Waals surface area contributed by atoms with Gasteiger partial charge in [-0.15, -0.1) is 11.8 Å². The van der Waals surface area contributed by atoms with E-state index in [2.05, 4.69) is 11.8 Å². The van der Waals surface area contributed by atoms with Crippen LogP contribution in [-0.4, -0.2) is 69.5 Å². The highest BCUT2D eigenvalue weighted by molar-refractivity contribution is 7.98. The molecule has 0 aromatic heterocycles. The molecule has 0 saturated carbocycles. The lowest BCUT2D eigenvalue weighted by molar-refractivity contribution is -0.150. The number of fused-ring (bicyclic) bond motifs is 1. The van der Waals surface area contributed by atoms with Crippen LogP contribution in [0.1, 0.15) is 26.2 Å². The fraction of sp³-hybridized carbons (Fsp3) is 0.458. The van der Waals surface area contributed by atoms with Crippen molar-refractivity contribution < 1.29 is 27.8 Å². The minimum absolute atomic E-state index is 0.134. The van der Waals surface area contributed by atoms with E-state index in [1.807, 2.05) is 42.7 Å². The number of rotatable bonds is 10. The standard InChI is InChI=1S/C24H32N2O6S2/c1-5-6-10-18-15-26(17-11-8-7-9-12-17)19-13-22(33-4)20(32-16-21(31-3)24(27)28)14-23(19)34(29,30)25(18)2/h7-9,11-14,18,21H,5-6,10,15-16H2,1-4H3,(H,27,28)/t18?,21-/m0/s1. The lowest BCUT2D eigenvalue weighted by atomic mass is 10.1. The second-order valence-corrected chi connectivity index (χ2v) is 10.9. The molecule has 1 N–H and O–H groups in total. The zero-order chi connectivity index (χ0) is 24.9. The molecule has 1 heterocycles. The molecule has 0 fully saturated rings. The predicted molar refractivity (Wildman–Crippen MR) is 134 cm³/mol. The second-order valence-electron chi connectivity index (χ2n) is 8.11. The fourth-order valence-electron chi connectivity index (χ4n) is 3.97. The molecule has 8 nitrogen and oxygen atoms in total. The third kappa shape index (κ3) is 5.51. The summed E-state index contributed by atoms with van der Waals surface area (Å²) in [5.74, 6) is -0.837. The number of aliphatic carboxylic acids is 1. The summed E-state index contributed by atoms with van der Waals surface area (Å²) in [6.07, 6.45) is 3.35. The van der Waals surface area contributed by atoms with Crippen LogP contribution < -0.4 is 9.64 Å². The number of carboxylic acid groups (broad SMARTS) is 1. The van der Waals surface area contributed by atoms with Crippen LogP contribution in [0.5, 0.6) is 5.75 Å². The van der Waals surface area contributed by atoms with Gasteiger partial charge in [-0.2, -0.15) is 4.31 Å². The fourth-order valence-corrected chi connectivity index (χ4v) is 6.08. The first kappa shape index (κ1) is 26.3. The lowest BCUT2D eigenvalue weighted by Gasteiger charge is -2.29. The number of methoxy groups -OCH3 is 1. The van der Waals surface area contributed by atoms with Gasteiger partial charge in [-0.05, 0) is 30.9 Å². The van der Waals surface area contributed by atoms with Crippen LogP contribution in [0.15, 0.2) is 52.3 Å². The molecule has 1 aliphatic rings. The Kier molecular flexibility index (Phi) is 8.86. The molecule has 0 spiro atoms. The summed E-state index contributed by atoms with van der Waals surface area (Å²) >= 11 is 1.41. The maximum atomic E-state index is 13.7.